The topological polar surface area (TPSA) is 55.1 Å². The molecule has 0 aliphatic carbocycles. The molecular weight excluding hydrogens is 260 g/mol. The van der Waals surface area contributed by atoms with Crippen molar-refractivity contribution in [2.75, 3.05) is 0 Å². The van der Waals surface area contributed by atoms with Crippen molar-refractivity contribution < 1.29 is 4.79 Å². The van der Waals surface area contributed by atoms with Crippen molar-refractivity contribution in [2.45, 2.75) is 32.4 Å². The van der Waals surface area contributed by atoms with Crippen molar-refractivity contribution in [3.05, 3.63) is 71.3 Å². The van der Waals surface area contributed by atoms with E-state index in [1.165, 1.54) is 16.7 Å². The molecule has 1 amide bonds. The molecule has 0 heterocycles. The number of nitrogens with two attached hydrogens (primary N) is 1. The van der Waals surface area contributed by atoms with Crippen LogP contribution >= 0.6 is 0 Å². The molecule has 2 rings (SSSR count). The van der Waals surface area contributed by atoms with E-state index in [9.17, 15) is 4.79 Å². The van der Waals surface area contributed by atoms with Gasteiger partial charge in [-0.1, -0.05) is 54.6 Å². The third-order valence-corrected chi connectivity index (χ3v) is 3.59. The molecule has 0 fully saturated rings. The molecule has 0 aliphatic rings. The maximum Gasteiger partial charge on any atom is 0.218 e. The highest BCUT2D eigenvalue weighted by Gasteiger charge is 2.18. The Hall–Kier alpha value is -2.13. The summed E-state index contributed by atoms with van der Waals surface area (Å²) >= 11 is 0. The van der Waals surface area contributed by atoms with Gasteiger partial charge in [0.2, 0.25) is 5.91 Å². The summed E-state index contributed by atoms with van der Waals surface area (Å²) in [5, 5.41) is 3.52. The second-order valence-electron chi connectivity index (χ2n) is 5.44. The lowest BCUT2D eigenvalue weighted by molar-refractivity contribution is -0.118. The summed E-state index contributed by atoms with van der Waals surface area (Å²) in [6.45, 7) is 4.09. The van der Waals surface area contributed by atoms with Crippen molar-refractivity contribution in [2.24, 2.45) is 5.73 Å². The summed E-state index contributed by atoms with van der Waals surface area (Å²) in [5.74, 6) is -0.286. The van der Waals surface area contributed by atoms with Gasteiger partial charge in [0.05, 0.1) is 6.04 Å². The first-order chi connectivity index (χ1) is 10.1. The van der Waals surface area contributed by atoms with Gasteiger partial charge < -0.3 is 11.1 Å². The van der Waals surface area contributed by atoms with Crippen LogP contribution in [0.3, 0.4) is 0 Å². The van der Waals surface area contributed by atoms with Crippen LogP contribution < -0.4 is 11.1 Å². The minimum Gasteiger partial charge on any atom is -0.370 e. The van der Waals surface area contributed by atoms with Gasteiger partial charge in [0.15, 0.2) is 0 Å². The zero-order valence-electron chi connectivity index (χ0n) is 12.5. The first-order valence-electron chi connectivity index (χ1n) is 7.22. The van der Waals surface area contributed by atoms with E-state index < -0.39 is 0 Å². The highest BCUT2D eigenvalue weighted by Crippen LogP contribution is 2.25. The monoisotopic (exact) mass is 282 g/mol. The van der Waals surface area contributed by atoms with Crippen LogP contribution in [0, 0.1) is 6.92 Å². The second-order valence-corrected chi connectivity index (χ2v) is 5.44. The Bertz CT molecular complexity index is 595. The number of hydrogen-bond donors (Lipinski definition) is 2. The minimum atomic E-state index is -0.286. The van der Waals surface area contributed by atoms with Gasteiger partial charge in [0, 0.05) is 12.5 Å². The lowest BCUT2D eigenvalue weighted by Crippen LogP contribution is -2.34. The molecule has 3 nitrogen and oxygen atoms in total. The Kier molecular flexibility index (Phi) is 5.12. The van der Waals surface area contributed by atoms with E-state index in [1.54, 1.807) is 0 Å². The minimum absolute atomic E-state index is 0.0207. The number of carbonyl (C=O) groups excluding carboxylic acids is 1. The van der Waals surface area contributed by atoms with E-state index in [0.717, 1.165) is 0 Å². The zero-order chi connectivity index (χ0) is 15.2. The summed E-state index contributed by atoms with van der Waals surface area (Å²) in [7, 11) is 0. The number of carbonyl (C=O) groups is 1. The first kappa shape index (κ1) is 15.3. The van der Waals surface area contributed by atoms with Crippen LogP contribution in [0.15, 0.2) is 54.6 Å². The summed E-state index contributed by atoms with van der Waals surface area (Å²) in [6, 6.07) is 18.6. The number of aryl methyl sites for hydroxylation is 1. The molecular formula is C18H22N2O. The molecule has 2 aromatic rings. The van der Waals surface area contributed by atoms with E-state index in [1.807, 2.05) is 37.3 Å². The first-order valence-corrected chi connectivity index (χ1v) is 7.22. The molecule has 0 radical (unpaired) electrons. The van der Waals surface area contributed by atoms with Crippen molar-refractivity contribution in [1.82, 2.24) is 5.32 Å². The highest BCUT2D eigenvalue weighted by molar-refractivity contribution is 5.74. The summed E-state index contributed by atoms with van der Waals surface area (Å²) in [6.07, 6.45) is 0.329. The summed E-state index contributed by atoms with van der Waals surface area (Å²) in [4.78, 5) is 11.1. The predicted molar refractivity (Wildman–Crippen MR) is 85.9 cm³/mol. The van der Waals surface area contributed by atoms with E-state index in [2.05, 4.69) is 36.5 Å². The fraction of sp³-hybridized carbons (Fsp3) is 0.278. The Morgan fingerprint density at radius 3 is 2.33 bits per heavy atom. The SMILES string of the molecule is Cc1ccccc1C(NC(C)CC(N)=O)c1ccccc1. The fourth-order valence-electron chi connectivity index (χ4n) is 2.57. The Morgan fingerprint density at radius 2 is 1.71 bits per heavy atom. The molecule has 0 spiro atoms. The molecule has 2 aromatic carbocycles. The molecule has 2 atom stereocenters. The molecule has 0 aromatic heterocycles. The molecule has 0 bridgehead atoms. The molecule has 21 heavy (non-hydrogen) atoms. The predicted octanol–water partition coefficient (Wildman–Crippen LogP) is 2.94. The van der Waals surface area contributed by atoms with Gasteiger partial charge in [0.25, 0.3) is 0 Å². The standard InChI is InChI=1S/C18H22N2O/c1-13-8-6-7-11-16(13)18(15-9-4-3-5-10-15)20-14(2)12-17(19)21/h3-11,14,18,20H,12H2,1-2H3,(H2,19,21). The van der Waals surface area contributed by atoms with E-state index in [0.29, 0.717) is 6.42 Å². The Balaban J connectivity index is 2.32. The van der Waals surface area contributed by atoms with Crippen molar-refractivity contribution in [1.29, 1.82) is 0 Å². The van der Waals surface area contributed by atoms with E-state index in [-0.39, 0.29) is 18.0 Å². The molecule has 0 saturated carbocycles. The van der Waals surface area contributed by atoms with Gasteiger partial charge in [-0.2, -0.15) is 0 Å². The molecule has 2 unspecified atom stereocenters. The lowest BCUT2D eigenvalue weighted by atomic mass is 9.94. The maximum absolute atomic E-state index is 11.1. The Morgan fingerprint density at radius 1 is 1.10 bits per heavy atom. The molecule has 0 aliphatic heterocycles. The van der Waals surface area contributed by atoms with Gasteiger partial charge in [-0.15, -0.1) is 0 Å². The van der Waals surface area contributed by atoms with Crippen LogP contribution in [0.2, 0.25) is 0 Å². The quantitative estimate of drug-likeness (QED) is 0.856. The largest absolute Gasteiger partial charge is 0.370 e. The van der Waals surface area contributed by atoms with Gasteiger partial charge in [-0.3, -0.25) is 4.79 Å². The molecule has 110 valence electrons. The van der Waals surface area contributed by atoms with Crippen molar-refractivity contribution >= 4 is 5.91 Å². The van der Waals surface area contributed by atoms with Gasteiger partial charge in [-0.05, 0) is 30.5 Å². The van der Waals surface area contributed by atoms with Crippen molar-refractivity contribution in [3.63, 3.8) is 0 Å². The van der Waals surface area contributed by atoms with Crippen LogP contribution in [0.4, 0.5) is 0 Å². The number of benzene rings is 2. The molecule has 3 N–H and O–H groups in total. The lowest BCUT2D eigenvalue weighted by Gasteiger charge is -2.25. The van der Waals surface area contributed by atoms with Crippen LogP contribution in [-0.4, -0.2) is 11.9 Å². The number of amides is 1. The van der Waals surface area contributed by atoms with Crippen LogP contribution in [0.5, 0.6) is 0 Å². The zero-order valence-corrected chi connectivity index (χ0v) is 12.5. The average Bonchev–Trinajstić information content (AvgIpc) is 2.46. The maximum atomic E-state index is 11.1. The molecule has 3 heteroatoms. The van der Waals surface area contributed by atoms with Gasteiger partial charge in [0.1, 0.15) is 0 Å². The summed E-state index contributed by atoms with van der Waals surface area (Å²) in [5.41, 5.74) is 8.93. The second kappa shape index (κ2) is 7.04. The summed E-state index contributed by atoms with van der Waals surface area (Å²) < 4.78 is 0. The number of primary amides is 1. The third-order valence-electron chi connectivity index (χ3n) is 3.59. The van der Waals surface area contributed by atoms with Crippen LogP contribution in [-0.2, 0) is 4.79 Å². The number of hydrogen-bond acceptors (Lipinski definition) is 2. The van der Waals surface area contributed by atoms with Gasteiger partial charge in [-0.25, -0.2) is 0 Å². The number of rotatable bonds is 6. The number of nitrogens with one attached hydrogen (secondary N) is 1. The van der Waals surface area contributed by atoms with Crippen LogP contribution in [0.1, 0.15) is 36.1 Å². The fourth-order valence-corrected chi connectivity index (χ4v) is 2.57. The normalized spacial score (nSPS) is 13.6. The average molecular weight is 282 g/mol. The smallest absolute Gasteiger partial charge is 0.218 e. The van der Waals surface area contributed by atoms with E-state index in [4.69, 9.17) is 5.73 Å². The van der Waals surface area contributed by atoms with Gasteiger partial charge >= 0.3 is 0 Å². The highest BCUT2D eigenvalue weighted by atomic mass is 16.1. The third kappa shape index (κ3) is 4.17. The van der Waals surface area contributed by atoms with Crippen molar-refractivity contribution in [3.8, 4) is 0 Å². The molecule has 0 saturated heterocycles. The van der Waals surface area contributed by atoms with Crippen LogP contribution in [0.25, 0.3) is 0 Å². The van der Waals surface area contributed by atoms with E-state index >= 15 is 0 Å². The Labute approximate surface area is 126 Å².